The summed E-state index contributed by atoms with van der Waals surface area (Å²) < 4.78 is 16.7. The molecule has 33 heavy (non-hydrogen) atoms. The number of fused-ring (bicyclic) bond motifs is 1. The molecule has 0 bridgehead atoms. The van der Waals surface area contributed by atoms with Gasteiger partial charge in [-0.2, -0.15) is 5.10 Å². The minimum atomic E-state index is -0.434. The number of hydrogen-bond acceptors (Lipinski definition) is 4. The van der Waals surface area contributed by atoms with Gasteiger partial charge < -0.3 is 10.6 Å². The van der Waals surface area contributed by atoms with E-state index in [1.54, 1.807) is 50.2 Å². The van der Waals surface area contributed by atoms with Crippen LogP contribution in [-0.2, 0) is 16.1 Å². The van der Waals surface area contributed by atoms with E-state index in [4.69, 9.17) is 0 Å². The summed E-state index contributed by atoms with van der Waals surface area (Å²) in [5.41, 5.74) is 3.00. The molecule has 0 radical (unpaired) electrons. The number of nitrogens with zero attached hydrogens (tertiary/aromatic N) is 3. The number of aromatic nitrogens is 3. The van der Waals surface area contributed by atoms with Crippen molar-refractivity contribution in [1.82, 2.24) is 14.3 Å². The molecule has 0 saturated heterocycles. The lowest BCUT2D eigenvalue weighted by Gasteiger charge is -2.13. The van der Waals surface area contributed by atoms with Crippen molar-refractivity contribution < 1.29 is 14.0 Å². The maximum absolute atomic E-state index is 13.9. The highest BCUT2D eigenvalue weighted by Gasteiger charge is 2.19. The highest BCUT2D eigenvalue weighted by molar-refractivity contribution is 5.93. The van der Waals surface area contributed by atoms with Gasteiger partial charge in [-0.3, -0.25) is 19.0 Å². The Morgan fingerprint density at radius 3 is 2.30 bits per heavy atom. The van der Waals surface area contributed by atoms with Crippen LogP contribution < -0.4 is 16.2 Å². The van der Waals surface area contributed by atoms with Crippen molar-refractivity contribution in [2.24, 2.45) is 0 Å². The van der Waals surface area contributed by atoms with Crippen LogP contribution in [0.3, 0.4) is 0 Å². The Morgan fingerprint density at radius 2 is 1.67 bits per heavy atom. The predicted molar refractivity (Wildman–Crippen MR) is 124 cm³/mol. The number of benzene rings is 2. The summed E-state index contributed by atoms with van der Waals surface area (Å²) in [6.07, 6.45) is 0. The molecule has 4 aromatic rings. The summed E-state index contributed by atoms with van der Waals surface area (Å²) in [5.74, 6) is -1.05. The molecule has 0 saturated carbocycles. The van der Waals surface area contributed by atoms with Gasteiger partial charge in [0, 0.05) is 29.8 Å². The maximum atomic E-state index is 13.9. The molecule has 0 aliphatic heterocycles. The SMILES string of the molecule is CC(=O)Nc1ccc(NC(=O)Cn2c(=O)cc(C)c3c(C)nn(-c4cccc(F)c4)c32)cc1. The number of halogens is 1. The normalized spacial score (nSPS) is 10.9. The molecule has 0 aliphatic carbocycles. The molecule has 9 heteroatoms. The van der Waals surface area contributed by atoms with E-state index in [0.717, 1.165) is 10.9 Å². The van der Waals surface area contributed by atoms with Gasteiger partial charge in [0.25, 0.3) is 5.56 Å². The Hall–Kier alpha value is -4.27. The molecule has 2 amide bonds. The van der Waals surface area contributed by atoms with E-state index in [0.29, 0.717) is 28.4 Å². The fraction of sp³-hybridized carbons (Fsp3) is 0.167. The topological polar surface area (TPSA) is 98.0 Å². The molecule has 2 N–H and O–H groups in total. The molecule has 0 aliphatic rings. The van der Waals surface area contributed by atoms with Gasteiger partial charge in [-0.15, -0.1) is 0 Å². The van der Waals surface area contributed by atoms with Crippen molar-refractivity contribution in [2.45, 2.75) is 27.3 Å². The van der Waals surface area contributed by atoms with Gasteiger partial charge in [0.1, 0.15) is 18.0 Å². The van der Waals surface area contributed by atoms with Crippen LogP contribution in [0, 0.1) is 19.7 Å². The number of pyridine rings is 1. The average molecular weight is 447 g/mol. The zero-order valence-electron chi connectivity index (χ0n) is 18.3. The highest BCUT2D eigenvalue weighted by atomic mass is 19.1. The first-order valence-corrected chi connectivity index (χ1v) is 10.3. The van der Waals surface area contributed by atoms with Gasteiger partial charge >= 0.3 is 0 Å². The van der Waals surface area contributed by atoms with Crippen molar-refractivity contribution in [2.75, 3.05) is 10.6 Å². The Morgan fingerprint density at radius 1 is 1.00 bits per heavy atom. The van der Waals surface area contributed by atoms with Gasteiger partial charge in [-0.25, -0.2) is 9.07 Å². The zero-order chi connectivity index (χ0) is 23.7. The molecule has 8 nitrogen and oxygen atoms in total. The summed E-state index contributed by atoms with van der Waals surface area (Å²) in [6, 6.07) is 14.0. The van der Waals surface area contributed by atoms with Gasteiger partial charge in [-0.05, 0) is 61.9 Å². The first-order chi connectivity index (χ1) is 15.7. The van der Waals surface area contributed by atoms with Crippen LogP contribution in [0.5, 0.6) is 0 Å². The summed E-state index contributed by atoms with van der Waals surface area (Å²) >= 11 is 0. The third-order valence-corrected chi connectivity index (χ3v) is 5.14. The fourth-order valence-corrected chi connectivity index (χ4v) is 3.79. The van der Waals surface area contributed by atoms with Crippen molar-refractivity contribution >= 4 is 34.2 Å². The lowest BCUT2D eigenvalue weighted by molar-refractivity contribution is -0.117. The second kappa shape index (κ2) is 8.70. The minimum absolute atomic E-state index is 0.195. The second-order valence-corrected chi connectivity index (χ2v) is 7.73. The van der Waals surface area contributed by atoms with Crippen LogP contribution in [-0.4, -0.2) is 26.2 Å². The zero-order valence-corrected chi connectivity index (χ0v) is 18.3. The quantitative estimate of drug-likeness (QED) is 0.489. The molecule has 168 valence electrons. The van der Waals surface area contributed by atoms with Gasteiger partial charge in [0.2, 0.25) is 11.8 Å². The number of carbonyl (C=O) groups excluding carboxylic acids is 2. The van der Waals surface area contributed by atoms with E-state index in [9.17, 15) is 18.8 Å². The van der Waals surface area contributed by atoms with Gasteiger partial charge in [0.15, 0.2) is 0 Å². The molecule has 0 atom stereocenters. The van der Waals surface area contributed by atoms with E-state index in [1.807, 2.05) is 0 Å². The van der Waals surface area contributed by atoms with E-state index in [1.165, 1.54) is 34.4 Å². The standard InChI is InChI=1S/C24H22FN5O3/c1-14-11-22(33)29(13-21(32)27-19-9-7-18(8-10-19)26-16(3)31)24-23(14)15(2)28-30(24)20-6-4-5-17(25)12-20/h4-12H,13H2,1-3H3,(H,26,31)(H,27,32). The van der Waals surface area contributed by atoms with Gasteiger partial charge in [0.05, 0.1) is 11.4 Å². The Kier molecular flexibility index (Phi) is 5.78. The third-order valence-electron chi connectivity index (χ3n) is 5.14. The van der Waals surface area contributed by atoms with Crippen LogP contribution >= 0.6 is 0 Å². The van der Waals surface area contributed by atoms with Crippen LogP contribution in [0.2, 0.25) is 0 Å². The largest absolute Gasteiger partial charge is 0.326 e. The number of anilines is 2. The molecular formula is C24H22FN5O3. The number of hydrogen-bond donors (Lipinski definition) is 2. The van der Waals surface area contributed by atoms with Crippen LogP contribution in [0.1, 0.15) is 18.2 Å². The van der Waals surface area contributed by atoms with E-state index < -0.39 is 11.7 Å². The summed E-state index contributed by atoms with van der Waals surface area (Å²) in [4.78, 5) is 36.8. The molecule has 0 fully saturated rings. The number of amides is 2. The predicted octanol–water partition coefficient (Wildman–Crippen LogP) is 3.54. The summed E-state index contributed by atoms with van der Waals surface area (Å²) in [6.45, 7) is 4.75. The lowest BCUT2D eigenvalue weighted by atomic mass is 10.1. The molecule has 0 unspecified atom stereocenters. The Labute approximate surface area is 188 Å². The number of rotatable bonds is 5. The highest BCUT2D eigenvalue weighted by Crippen LogP contribution is 2.24. The monoisotopic (exact) mass is 447 g/mol. The number of carbonyl (C=O) groups is 2. The molecule has 2 heterocycles. The smallest absolute Gasteiger partial charge is 0.252 e. The fourth-order valence-electron chi connectivity index (χ4n) is 3.79. The van der Waals surface area contributed by atoms with Crippen LogP contribution in [0.25, 0.3) is 16.7 Å². The van der Waals surface area contributed by atoms with Crippen molar-refractivity contribution in [3.63, 3.8) is 0 Å². The molecular weight excluding hydrogens is 425 g/mol. The van der Waals surface area contributed by atoms with Crippen LogP contribution in [0.15, 0.2) is 59.4 Å². The number of aryl methyl sites for hydroxylation is 2. The van der Waals surface area contributed by atoms with Crippen molar-refractivity contribution in [3.05, 3.63) is 82.0 Å². The molecule has 2 aromatic carbocycles. The molecule has 4 rings (SSSR count). The number of nitrogens with one attached hydrogen (secondary N) is 2. The second-order valence-electron chi connectivity index (χ2n) is 7.73. The Balaban J connectivity index is 1.71. The van der Waals surface area contributed by atoms with Crippen molar-refractivity contribution in [3.8, 4) is 5.69 Å². The summed E-state index contributed by atoms with van der Waals surface area (Å²) in [5, 5.41) is 10.6. The first-order valence-electron chi connectivity index (χ1n) is 10.3. The Bertz CT molecular complexity index is 1440. The average Bonchev–Trinajstić information content (AvgIpc) is 3.10. The molecule has 2 aromatic heterocycles. The van der Waals surface area contributed by atoms with Crippen LogP contribution in [0.4, 0.5) is 15.8 Å². The van der Waals surface area contributed by atoms with Crippen molar-refractivity contribution in [1.29, 1.82) is 0 Å². The maximum Gasteiger partial charge on any atom is 0.252 e. The van der Waals surface area contributed by atoms with Gasteiger partial charge in [-0.1, -0.05) is 6.07 Å². The third kappa shape index (κ3) is 4.52. The van der Waals surface area contributed by atoms with E-state index >= 15 is 0 Å². The lowest BCUT2D eigenvalue weighted by Crippen LogP contribution is -2.29. The summed E-state index contributed by atoms with van der Waals surface area (Å²) in [7, 11) is 0. The first kappa shape index (κ1) is 21.9. The van der Waals surface area contributed by atoms with E-state index in [-0.39, 0.29) is 18.0 Å². The minimum Gasteiger partial charge on any atom is -0.326 e. The molecule has 0 spiro atoms. The van der Waals surface area contributed by atoms with E-state index in [2.05, 4.69) is 15.7 Å².